The van der Waals surface area contributed by atoms with Gasteiger partial charge < -0.3 is 0 Å². The Bertz CT molecular complexity index is 451. The molecule has 82 valence electrons. The predicted octanol–water partition coefficient (Wildman–Crippen LogP) is 3.03. The fourth-order valence-electron chi connectivity index (χ4n) is 1.58. The van der Waals surface area contributed by atoms with Crippen molar-refractivity contribution in [2.75, 3.05) is 6.66 Å². The molecule has 0 aliphatic rings. The van der Waals surface area contributed by atoms with Gasteiger partial charge in [-0.05, 0) is 26.7 Å². The van der Waals surface area contributed by atoms with Crippen LogP contribution in [0.2, 0.25) is 0 Å². The van der Waals surface area contributed by atoms with Crippen LogP contribution in [0.25, 0.3) is 0 Å². The third-order valence-corrected chi connectivity index (χ3v) is 4.60. The molecule has 0 unspecified atom stereocenters. The molecule has 0 aliphatic heterocycles. The normalized spacial score (nSPS) is 10.8. The number of rotatable bonds is 2. The molecule has 2 aromatic carbocycles. The van der Waals surface area contributed by atoms with Gasteiger partial charge in [0.2, 0.25) is 0 Å². The van der Waals surface area contributed by atoms with Crippen molar-refractivity contribution in [3.05, 3.63) is 60.2 Å². The van der Waals surface area contributed by atoms with Gasteiger partial charge in [0.1, 0.15) is 11.6 Å². The molecule has 0 nitrogen and oxygen atoms in total. The van der Waals surface area contributed by atoms with Crippen molar-refractivity contribution >= 4 is 18.5 Å². The van der Waals surface area contributed by atoms with Crippen molar-refractivity contribution in [1.82, 2.24) is 0 Å². The molecule has 3 heteroatoms. The third-order valence-electron chi connectivity index (χ3n) is 2.43. The van der Waals surface area contributed by atoms with Crippen LogP contribution in [-0.2, 0) is 0 Å². The van der Waals surface area contributed by atoms with E-state index in [0.717, 1.165) is 0 Å². The van der Waals surface area contributed by atoms with Crippen molar-refractivity contribution < 1.29 is 8.78 Å². The van der Waals surface area contributed by atoms with Gasteiger partial charge in [0.15, 0.2) is 0 Å². The van der Waals surface area contributed by atoms with Crippen molar-refractivity contribution in [3.8, 4) is 0 Å². The minimum Gasteiger partial charge on any atom is -0.206 e. The SMILES string of the molecule is CP(c1ccccc1F)c1ccccc1F. The van der Waals surface area contributed by atoms with E-state index in [1.807, 2.05) is 6.66 Å². The summed E-state index contributed by atoms with van der Waals surface area (Å²) in [4.78, 5) is 0. The summed E-state index contributed by atoms with van der Waals surface area (Å²) in [7, 11) is -0.962. The predicted molar refractivity (Wildman–Crippen MR) is 64.9 cm³/mol. The van der Waals surface area contributed by atoms with Gasteiger partial charge in [-0.15, -0.1) is 0 Å². The molecule has 0 aliphatic carbocycles. The Hall–Kier alpha value is -1.27. The molecule has 0 N–H and O–H groups in total. The Morgan fingerprint density at radius 1 is 0.750 bits per heavy atom. The highest BCUT2D eigenvalue weighted by molar-refractivity contribution is 7.72. The quantitative estimate of drug-likeness (QED) is 0.703. The van der Waals surface area contributed by atoms with E-state index < -0.39 is 7.92 Å². The van der Waals surface area contributed by atoms with E-state index in [2.05, 4.69) is 0 Å². The molecule has 0 saturated heterocycles. The lowest BCUT2D eigenvalue weighted by Crippen LogP contribution is -2.16. The van der Waals surface area contributed by atoms with E-state index in [0.29, 0.717) is 10.6 Å². The minimum absolute atomic E-state index is 0.264. The lowest BCUT2D eigenvalue weighted by atomic mass is 10.3. The second-order valence-electron chi connectivity index (χ2n) is 3.46. The average Bonchev–Trinajstić information content (AvgIpc) is 2.29. The van der Waals surface area contributed by atoms with Gasteiger partial charge >= 0.3 is 0 Å². The second-order valence-corrected chi connectivity index (χ2v) is 5.54. The maximum Gasteiger partial charge on any atom is 0.131 e. The molecule has 0 atom stereocenters. The summed E-state index contributed by atoms with van der Waals surface area (Å²) in [5.74, 6) is -0.529. The van der Waals surface area contributed by atoms with Crippen LogP contribution < -0.4 is 10.6 Å². The van der Waals surface area contributed by atoms with Crippen LogP contribution in [0.15, 0.2) is 48.5 Å². The zero-order valence-corrected chi connectivity index (χ0v) is 9.72. The summed E-state index contributed by atoms with van der Waals surface area (Å²) in [6.45, 7) is 1.87. The first-order valence-electron chi connectivity index (χ1n) is 4.93. The van der Waals surface area contributed by atoms with Crippen LogP contribution in [0, 0.1) is 11.6 Å². The molecular formula is C13H11F2P. The number of hydrogen-bond donors (Lipinski definition) is 0. The first-order valence-corrected chi connectivity index (χ1v) is 6.72. The standard InChI is InChI=1S/C13H11F2P/c1-16(12-8-4-2-6-10(12)14)13-9-5-3-7-11(13)15/h2-9H,1H3. The molecule has 0 heterocycles. The first-order chi connectivity index (χ1) is 7.70. The summed E-state index contributed by atoms with van der Waals surface area (Å²) in [6, 6.07) is 13.1. The van der Waals surface area contributed by atoms with Gasteiger partial charge in [0.05, 0.1) is 0 Å². The highest BCUT2D eigenvalue weighted by Crippen LogP contribution is 2.30. The molecular weight excluding hydrogens is 225 g/mol. The average molecular weight is 236 g/mol. The van der Waals surface area contributed by atoms with Gasteiger partial charge in [-0.1, -0.05) is 36.4 Å². The molecule has 0 bridgehead atoms. The molecule has 0 saturated carbocycles. The second kappa shape index (κ2) is 4.71. The van der Waals surface area contributed by atoms with Crippen LogP contribution in [0.1, 0.15) is 0 Å². The molecule has 0 radical (unpaired) electrons. The lowest BCUT2D eigenvalue weighted by molar-refractivity contribution is 0.634. The van der Waals surface area contributed by atoms with Crippen LogP contribution in [0.4, 0.5) is 8.78 Å². The Labute approximate surface area is 94.7 Å². The molecule has 16 heavy (non-hydrogen) atoms. The highest BCUT2D eigenvalue weighted by Gasteiger charge is 2.14. The number of halogens is 2. The molecule has 0 fully saturated rings. The lowest BCUT2D eigenvalue weighted by Gasteiger charge is -2.14. The summed E-state index contributed by atoms with van der Waals surface area (Å²) in [5.41, 5.74) is 0. The van der Waals surface area contributed by atoms with Crippen molar-refractivity contribution in [2.24, 2.45) is 0 Å². The highest BCUT2D eigenvalue weighted by atomic mass is 31.1. The summed E-state index contributed by atoms with van der Waals surface area (Å²) < 4.78 is 27.1. The van der Waals surface area contributed by atoms with Crippen LogP contribution in [0.3, 0.4) is 0 Å². The Morgan fingerprint density at radius 2 is 1.12 bits per heavy atom. The van der Waals surface area contributed by atoms with Crippen molar-refractivity contribution in [3.63, 3.8) is 0 Å². The fourth-order valence-corrected chi connectivity index (χ4v) is 3.25. The third kappa shape index (κ3) is 2.12. The van der Waals surface area contributed by atoms with Crippen molar-refractivity contribution in [2.45, 2.75) is 0 Å². The van der Waals surface area contributed by atoms with E-state index in [1.54, 1.807) is 36.4 Å². The topological polar surface area (TPSA) is 0 Å². The number of benzene rings is 2. The van der Waals surface area contributed by atoms with E-state index in [1.165, 1.54) is 12.1 Å². The van der Waals surface area contributed by atoms with Gasteiger partial charge in [0, 0.05) is 10.6 Å². The monoisotopic (exact) mass is 236 g/mol. The van der Waals surface area contributed by atoms with E-state index in [-0.39, 0.29) is 11.6 Å². The Balaban J connectivity index is 2.44. The van der Waals surface area contributed by atoms with Gasteiger partial charge in [-0.3, -0.25) is 0 Å². The summed E-state index contributed by atoms with van der Waals surface area (Å²) in [6.07, 6.45) is 0. The molecule has 0 amide bonds. The van der Waals surface area contributed by atoms with Crippen molar-refractivity contribution in [1.29, 1.82) is 0 Å². The molecule has 0 aromatic heterocycles. The maximum absolute atomic E-state index is 13.6. The van der Waals surface area contributed by atoms with Crippen LogP contribution in [0.5, 0.6) is 0 Å². The van der Waals surface area contributed by atoms with Gasteiger partial charge in [-0.2, -0.15) is 0 Å². The van der Waals surface area contributed by atoms with Gasteiger partial charge in [-0.25, -0.2) is 8.78 Å². The Morgan fingerprint density at radius 3 is 1.50 bits per heavy atom. The molecule has 0 spiro atoms. The van der Waals surface area contributed by atoms with Gasteiger partial charge in [0.25, 0.3) is 0 Å². The van der Waals surface area contributed by atoms with Crippen LogP contribution in [-0.4, -0.2) is 6.66 Å². The molecule has 2 rings (SSSR count). The molecule has 2 aromatic rings. The fraction of sp³-hybridized carbons (Fsp3) is 0.0769. The van der Waals surface area contributed by atoms with E-state index in [4.69, 9.17) is 0 Å². The zero-order chi connectivity index (χ0) is 11.5. The Kier molecular flexibility index (Phi) is 3.31. The number of hydrogen-bond acceptors (Lipinski definition) is 0. The zero-order valence-electron chi connectivity index (χ0n) is 8.82. The first kappa shape index (κ1) is 11.2. The largest absolute Gasteiger partial charge is 0.206 e. The smallest absolute Gasteiger partial charge is 0.131 e. The van der Waals surface area contributed by atoms with Crippen LogP contribution >= 0.6 is 7.92 Å². The van der Waals surface area contributed by atoms with E-state index >= 15 is 0 Å². The summed E-state index contributed by atoms with van der Waals surface area (Å²) >= 11 is 0. The summed E-state index contributed by atoms with van der Waals surface area (Å²) in [5, 5.41) is 1.17. The maximum atomic E-state index is 13.6. The van der Waals surface area contributed by atoms with E-state index in [9.17, 15) is 8.78 Å². The minimum atomic E-state index is -0.962.